The molecular formula is C14H29N. The van der Waals surface area contributed by atoms with E-state index in [1.807, 2.05) is 0 Å². The molecule has 1 fully saturated rings. The summed E-state index contributed by atoms with van der Waals surface area (Å²) < 4.78 is 0. The fourth-order valence-electron chi connectivity index (χ4n) is 2.46. The summed E-state index contributed by atoms with van der Waals surface area (Å²) >= 11 is 0. The second-order valence-electron chi connectivity index (χ2n) is 5.93. The molecule has 1 saturated carbocycles. The average Bonchev–Trinajstić information content (AvgIpc) is 2.82. The first-order chi connectivity index (χ1) is 7.08. The second kappa shape index (κ2) is 5.89. The minimum Gasteiger partial charge on any atom is -0.314 e. The third-order valence-electron chi connectivity index (χ3n) is 3.91. The van der Waals surface area contributed by atoms with Crippen molar-refractivity contribution in [2.45, 2.75) is 72.3 Å². The SMILES string of the molecule is CCCCCCC1(C)CC1CNC(C)C. The summed E-state index contributed by atoms with van der Waals surface area (Å²) in [6.45, 7) is 10.5. The van der Waals surface area contributed by atoms with Crippen molar-refractivity contribution in [3.05, 3.63) is 0 Å². The summed E-state index contributed by atoms with van der Waals surface area (Å²) in [5.41, 5.74) is 0.690. The van der Waals surface area contributed by atoms with Crippen LogP contribution in [0, 0.1) is 11.3 Å². The van der Waals surface area contributed by atoms with Crippen LogP contribution in [0.4, 0.5) is 0 Å². The largest absolute Gasteiger partial charge is 0.314 e. The van der Waals surface area contributed by atoms with E-state index in [4.69, 9.17) is 0 Å². The Bertz CT molecular complexity index is 176. The van der Waals surface area contributed by atoms with Crippen molar-refractivity contribution < 1.29 is 0 Å². The third-order valence-corrected chi connectivity index (χ3v) is 3.91. The maximum atomic E-state index is 3.56. The van der Waals surface area contributed by atoms with Gasteiger partial charge in [-0.25, -0.2) is 0 Å². The topological polar surface area (TPSA) is 12.0 Å². The van der Waals surface area contributed by atoms with E-state index >= 15 is 0 Å². The zero-order valence-corrected chi connectivity index (χ0v) is 11.1. The minimum absolute atomic E-state index is 0.648. The molecule has 1 heteroatoms. The molecule has 90 valence electrons. The summed E-state index contributed by atoms with van der Waals surface area (Å²) in [5, 5.41) is 3.56. The molecule has 2 atom stereocenters. The molecule has 1 aliphatic rings. The highest BCUT2D eigenvalue weighted by Gasteiger charge is 2.48. The normalized spacial score (nSPS) is 29.8. The highest BCUT2D eigenvalue weighted by Crippen LogP contribution is 2.55. The van der Waals surface area contributed by atoms with Gasteiger partial charge < -0.3 is 5.32 Å². The predicted molar refractivity (Wildman–Crippen MR) is 68.1 cm³/mol. The van der Waals surface area contributed by atoms with Gasteiger partial charge in [0.1, 0.15) is 0 Å². The molecule has 0 amide bonds. The molecule has 1 nitrogen and oxygen atoms in total. The molecule has 0 spiro atoms. The maximum absolute atomic E-state index is 3.56. The molecule has 0 aromatic rings. The molecular weight excluding hydrogens is 182 g/mol. The van der Waals surface area contributed by atoms with Gasteiger partial charge in [-0.15, -0.1) is 0 Å². The Kier molecular flexibility index (Phi) is 5.11. The van der Waals surface area contributed by atoms with Crippen LogP contribution in [0.15, 0.2) is 0 Å². The number of hydrogen-bond acceptors (Lipinski definition) is 1. The van der Waals surface area contributed by atoms with Crippen LogP contribution < -0.4 is 5.32 Å². The van der Waals surface area contributed by atoms with Crippen LogP contribution >= 0.6 is 0 Å². The van der Waals surface area contributed by atoms with Gasteiger partial charge >= 0.3 is 0 Å². The molecule has 0 heterocycles. The molecule has 0 radical (unpaired) electrons. The summed E-state index contributed by atoms with van der Waals surface area (Å²) in [4.78, 5) is 0. The first kappa shape index (κ1) is 13.0. The van der Waals surface area contributed by atoms with Crippen LogP contribution in [-0.4, -0.2) is 12.6 Å². The van der Waals surface area contributed by atoms with Gasteiger partial charge in [0.25, 0.3) is 0 Å². The monoisotopic (exact) mass is 211 g/mol. The molecule has 1 rings (SSSR count). The first-order valence-corrected chi connectivity index (χ1v) is 6.82. The number of hydrogen-bond donors (Lipinski definition) is 1. The van der Waals surface area contributed by atoms with Crippen molar-refractivity contribution in [3.8, 4) is 0 Å². The number of unbranched alkanes of at least 4 members (excludes halogenated alkanes) is 3. The zero-order chi connectivity index (χ0) is 11.3. The van der Waals surface area contributed by atoms with E-state index in [9.17, 15) is 0 Å². The fraction of sp³-hybridized carbons (Fsp3) is 1.00. The van der Waals surface area contributed by atoms with E-state index in [0.717, 1.165) is 5.92 Å². The fourth-order valence-corrected chi connectivity index (χ4v) is 2.46. The zero-order valence-electron chi connectivity index (χ0n) is 11.1. The standard InChI is InChI=1S/C14H29N/c1-5-6-7-8-9-14(4)10-13(14)11-15-12(2)3/h12-13,15H,5-11H2,1-4H3. The van der Waals surface area contributed by atoms with Crippen molar-refractivity contribution in [1.29, 1.82) is 0 Å². The highest BCUT2D eigenvalue weighted by molar-refractivity contribution is 4.99. The molecule has 1 N–H and O–H groups in total. The van der Waals surface area contributed by atoms with Crippen LogP contribution in [0.25, 0.3) is 0 Å². The van der Waals surface area contributed by atoms with Gasteiger partial charge in [0.2, 0.25) is 0 Å². The third kappa shape index (κ3) is 4.55. The summed E-state index contributed by atoms with van der Waals surface area (Å²) in [6, 6.07) is 0.648. The van der Waals surface area contributed by atoms with E-state index in [1.165, 1.54) is 45.1 Å². The molecule has 0 aromatic heterocycles. The lowest BCUT2D eigenvalue weighted by molar-refractivity contribution is 0.413. The van der Waals surface area contributed by atoms with Crippen LogP contribution in [-0.2, 0) is 0 Å². The minimum atomic E-state index is 0.648. The lowest BCUT2D eigenvalue weighted by Crippen LogP contribution is -2.26. The molecule has 0 aliphatic heterocycles. The summed E-state index contributed by atoms with van der Waals surface area (Å²) in [6.07, 6.45) is 8.58. The molecule has 15 heavy (non-hydrogen) atoms. The Morgan fingerprint density at radius 3 is 2.60 bits per heavy atom. The van der Waals surface area contributed by atoms with Crippen LogP contribution in [0.5, 0.6) is 0 Å². The van der Waals surface area contributed by atoms with E-state index in [2.05, 4.69) is 33.0 Å². The lowest BCUT2D eigenvalue weighted by Gasteiger charge is -2.13. The van der Waals surface area contributed by atoms with Crippen molar-refractivity contribution in [1.82, 2.24) is 5.32 Å². The quantitative estimate of drug-likeness (QED) is 0.599. The summed E-state index contributed by atoms with van der Waals surface area (Å²) in [5.74, 6) is 0.960. The Balaban J connectivity index is 2.05. The van der Waals surface area contributed by atoms with Crippen LogP contribution in [0.1, 0.15) is 66.2 Å². The molecule has 0 bridgehead atoms. The van der Waals surface area contributed by atoms with Gasteiger partial charge in [-0.05, 0) is 30.7 Å². The predicted octanol–water partition coefficient (Wildman–Crippen LogP) is 3.98. The van der Waals surface area contributed by atoms with Gasteiger partial charge in [0.15, 0.2) is 0 Å². The molecule has 1 aliphatic carbocycles. The Morgan fingerprint density at radius 2 is 2.00 bits per heavy atom. The Hall–Kier alpha value is -0.0400. The van der Waals surface area contributed by atoms with E-state index in [0.29, 0.717) is 11.5 Å². The highest BCUT2D eigenvalue weighted by atomic mass is 14.9. The van der Waals surface area contributed by atoms with Gasteiger partial charge in [-0.1, -0.05) is 53.4 Å². The molecule has 0 aromatic carbocycles. The van der Waals surface area contributed by atoms with Crippen molar-refractivity contribution in [2.24, 2.45) is 11.3 Å². The van der Waals surface area contributed by atoms with Crippen molar-refractivity contribution in [2.75, 3.05) is 6.54 Å². The molecule has 2 unspecified atom stereocenters. The van der Waals surface area contributed by atoms with Gasteiger partial charge in [0.05, 0.1) is 0 Å². The van der Waals surface area contributed by atoms with Gasteiger partial charge in [-0.2, -0.15) is 0 Å². The van der Waals surface area contributed by atoms with Crippen LogP contribution in [0.3, 0.4) is 0 Å². The molecule has 0 saturated heterocycles. The van der Waals surface area contributed by atoms with Crippen molar-refractivity contribution in [3.63, 3.8) is 0 Å². The first-order valence-electron chi connectivity index (χ1n) is 6.82. The number of rotatable bonds is 8. The van der Waals surface area contributed by atoms with E-state index < -0.39 is 0 Å². The van der Waals surface area contributed by atoms with E-state index in [1.54, 1.807) is 0 Å². The van der Waals surface area contributed by atoms with Gasteiger partial charge in [-0.3, -0.25) is 0 Å². The Labute approximate surface area is 96.0 Å². The van der Waals surface area contributed by atoms with Crippen molar-refractivity contribution >= 4 is 0 Å². The van der Waals surface area contributed by atoms with E-state index in [-0.39, 0.29) is 0 Å². The maximum Gasteiger partial charge on any atom is 0.00104 e. The van der Waals surface area contributed by atoms with Crippen LogP contribution in [0.2, 0.25) is 0 Å². The smallest absolute Gasteiger partial charge is 0.00104 e. The van der Waals surface area contributed by atoms with Gasteiger partial charge in [0, 0.05) is 6.04 Å². The lowest BCUT2D eigenvalue weighted by atomic mass is 9.97. The Morgan fingerprint density at radius 1 is 1.27 bits per heavy atom. The summed E-state index contributed by atoms with van der Waals surface area (Å²) in [7, 11) is 0. The average molecular weight is 211 g/mol. The second-order valence-corrected chi connectivity index (χ2v) is 5.93. The number of nitrogens with one attached hydrogen (secondary N) is 1.